The summed E-state index contributed by atoms with van der Waals surface area (Å²) in [6, 6.07) is 1.96. The van der Waals surface area contributed by atoms with Gasteiger partial charge in [-0.05, 0) is 121 Å². The van der Waals surface area contributed by atoms with Crippen molar-refractivity contribution in [3.8, 4) is 12.3 Å². The first-order chi connectivity index (χ1) is 34.7. The Kier molecular flexibility index (Phi) is 41.7. The van der Waals surface area contributed by atoms with E-state index in [1.165, 1.54) is 6.08 Å². The second-order valence-electron chi connectivity index (χ2n) is 28.3. The van der Waals surface area contributed by atoms with Crippen molar-refractivity contribution >= 4 is 40.8 Å². The normalized spacial score (nSPS) is 12.9. The van der Waals surface area contributed by atoms with Gasteiger partial charge in [-0.15, -0.1) is 18.9 Å². The van der Waals surface area contributed by atoms with Crippen molar-refractivity contribution in [2.24, 2.45) is 43.8 Å². The van der Waals surface area contributed by atoms with Gasteiger partial charge in [-0.25, -0.2) is 0 Å². The van der Waals surface area contributed by atoms with Crippen molar-refractivity contribution in [2.45, 2.75) is 252 Å². The van der Waals surface area contributed by atoms with Gasteiger partial charge in [0.2, 0.25) is 0 Å². The molecule has 3 rings (SSSR count). The van der Waals surface area contributed by atoms with E-state index >= 15 is 0 Å². The van der Waals surface area contributed by atoms with Crippen molar-refractivity contribution in [3.05, 3.63) is 96.9 Å². The summed E-state index contributed by atoms with van der Waals surface area (Å²) in [6.45, 7) is 69.8. The third-order valence-corrected chi connectivity index (χ3v) is 10.5. The smallest absolute Gasteiger partial charge is 0.163 e. The third kappa shape index (κ3) is 48.1. The van der Waals surface area contributed by atoms with Crippen LogP contribution in [0.15, 0.2) is 91.3 Å². The number of ketones is 6. The molecule has 0 unspecified atom stereocenters. The molecule has 1 heterocycles. The third-order valence-electron chi connectivity index (χ3n) is 10.5. The predicted octanol–water partition coefficient (Wildman–Crippen LogP) is 19.4. The molecule has 0 spiro atoms. The molecule has 0 aromatic carbocycles. The van der Waals surface area contributed by atoms with Crippen molar-refractivity contribution in [1.29, 1.82) is 0 Å². The summed E-state index contributed by atoms with van der Waals surface area (Å²) in [7, 11) is 0. The Balaban J connectivity index is -0.000000189. The molecule has 0 saturated carbocycles. The molecule has 0 bridgehead atoms. The number of carbonyl (C=O) groups excluding carboxylic acids is 6. The Morgan fingerprint density at radius 1 is 0.628 bits per heavy atom. The van der Waals surface area contributed by atoms with Crippen LogP contribution in [0.4, 0.5) is 0 Å². The van der Waals surface area contributed by atoms with Gasteiger partial charge in [-0.3, -0.25) is 33.4 Å². The molecule has 446 valence electrons. The highest BCUT2D eigenvalue weighted by Crippen LogP contribution is 2.29. The first-order valence-electron chi connectivity index (χ1n) is 28.0. The number of rotatable bonds is 7. The molecule has 0 fully saturated rings. The van der Waals surface area contributed by atoms with Crippen LogP contribution < -0.4 is 0 Å². The minimum Gasteiger partial charge on any atom is -0.299 e. The number of terminal acetylenes is 1. The minimum absolute atomic E-state index is 0.0707. The highest BCUT2D eigenvalue weighted by Gasteiger charge is 2.27. The minimum atomic E-state index is -0.248. The first-order valence-corrected chi connectivity index (χ1v) is 28.0. The lowest BCUT2D eigenvalue weighted by Crippen LogP contribution is -2.24. The molecule has 1 aromatic rings. The fourth-order valence-electron chi connectivity index (χ4n) is 4.87. The fourth-order valence-corrected chi connectivity index (χ4v) is 4.87. The molecule has 0 atom stereocenters. The van der Waals surface area contributed by atoms with E-state index in [2.05, 4.69) is 78.4 Å². The zero-order chi connectivity index (χ0) is 63.7. The highest BCUT2D eigenvalue weighted by molar-refractivity contribution is 6.00. The molecule has 78 heavy (non-hydrogen) atoms. The number of nitrogens with zero attached hydrogens (tertiary/aromatic N) is 2. The molecule has 0 aliphatic heterocycles. The molecule has 0 saturated heterocycles. The molecule has 8 heteroatoms. The maximum atomic E-state index is 11.6. The second-order valence-corrected chi connectivity index (χ2v) is 28.3. The summed E-state index contributed by atoms with van der Waals surface area (Å²) in [4.78, 5) is 66.7. The summed E-state index contributed by atoms with van der Waals surface area (Å²) in [5.41, 5.74) is 3.29. The monoisotopic (exact) mass is 1080 g/mol. The van der Waals surface area contributed by atoms with E-state index in [1.54, 1.807) is 24.3 Å². The maximum absolute atomic E-state index is 11.6. The first kappa shape index (κ1) is 84.3. The van der Waals surface area contributed by atoms with Gasteiger partial charge in [0, 0.05) is 51.0 Å². The summed E-state index contributed by atoms with van der Waals surface area (Å²) in [5, 5.41) is 4.30. The van der Waals surface area contributed by atoms with Gasteiger partial charge in [0.1, 0.15) is 5.78 Å². The summed E-state index contributed by atoms with van der Waals surface area (Å²) in [5.74, 6) is 4.40. The SMILES string of the molecule is C#CC(C)C.C/C=C/C(=O)C(C)(C)C.C=CC(=O)C(C)(C)C.C=CC(C)(C)C.C=Cc1ccn(C(C)(C)C)n1.CC(C)(C)C(=O)C1=CCC1.CC(C)(C)C(=O)C1=CCCC1.CC(C)=CC(=O)C(C)(C)C.CCC(=O)C(C)(C)C. The Morgan fingerprint density at radius 3 is 1.13 bits per heavy atom. The number of hydrogen-bond donors (Lipinski definition) is 0. The number of Topliss-reactive ketones (excluding diaryl/α,β-unsaturated/α-hetero) is 3. The summed E-state index contributed by atoms with van der Waals surface area (Å²) in [6.07, 6.45) is 27.1. The van der Waals surface area contributed by atoms with Crippen LogP contribution in [0.5, 0.6) is 0 Å². The van der Waals surface area contributed by atoms with Crippen LogP contribution in [0.1, 0.15) is 252 Å². The lowest BCUT2D eigenvalue weighted by atomic mass is 9.81. The Morgan fingerprint density at radius 2 is 1.01 bits per heavy atom. The largest absolute Gasteiger partial charge is 0.299 e. The van der Waals surface area contributed by atoms with Gasteiger partial charge < -0.3 is 0 Å². The van der Waals surface area contributed by atoms with Crippen molar-refractivity contribution in [2.75, 3.05) is 0 Å². The average molecular weight is 1090 g/mol. The van der Waals surface area contributed by atoms with E-state index in [9.17, 15) is 28.8 Å². The summed E-state index contributed by atoms with van der Waals surface area (Å²) >= 11 is 0. The van der Waals surface area contributed by atoms with Crippen LogP contribution >= 0.6 is 0 Å². The van der Waals surface area contributed by atoms with Gasteiger partial charge in [-0.2, -0.15) is 5.10 Å². The lowest BCUT2D eigenvalue weighted by Gasteiger charge is -2.22. The Labute approximate surface area is 482 Å². The number of allylic oxidation sites excluding steroid dienone is 10. The van der Waals surface area contributed by atoms with E-state index < -0.39 is 0 Å². The molecule has 8 nitrogen and oxygen atoms in total. The number of carbonyl (C=O) groups is 6. The standard InChI is InChI=1S/C10H16O.C9H14N2.C9H14O.C9H16O.C8H14O.C7H14O.C7H12O.C6H12.C5H8/c1-10(2,3)9(11)8-6-4-5-7-8;1-5-8-6-7-11(10-8)9(2,3)4;1-9(2,3)8(10)7-5-4-6-7;1-7(2)6-8(10)9(3,4)5;1-5-6-7(9)8(2,3)4;2*1-5-6(8)7(2,3)4;1-5-6(2,3)4;1-4-5(2)3/h6H,4-5,7H2,1-3H3;5-7H,1H2,2-4H3;5H,4,6H2,1-3H3;6H,1-5H3;5-6H,1-4H3;5H2,1-4H3;5H,1H2,2-4H3;5H,1H2,2-4H3;1,5H,2-3H3/b;;;;6-5+;;;;. The predicted molar refractivity (Wildman–Crippen MR) is 341 cm³/mol. The zero-order valence-electron chi connectivity index (χ0n) is 56.1. The van der Waals surface area contributed by atoms with Crippen LogP contribution in [0.2, 0.25) is 0 Å². The van der Waals surface area contributed by atoms with Gasteiger partial charge in [0.15, 0.2) is 28.9 Å². The number of aromatic nitrogens is 2. The van der Waals surface area contributed by atoms with Crippen LogP contribution in [-0.4, -0.2) is 44.5 Å². The quantitative estimate of drug-likeness (QED) is 0.151. The topological polar surface area (TPSA) is 120 Å². The molecular weight excluding hydrogens is 965 g/mol. The van der Waals surface area contributed by atoms with E-state index in [0.29, 0.717) is 35.1 Å². The van der Waals surface area contributed by atoms with Gasteiger partial charge >= 0.3 is 0 Å². The number of hydrogen-bond acceptors (Lipinski definition) is 7. The van der Waals surface area contributed by atoms with Crippen molar-refractivity contribution in [1.82, 2.24) is 9.78 Å². The zero-order valence-corrected chi connectivity index (χ0v) is 56.1. The molecular formula is C70H120N2O6. The Bertz CT molecular complexity index is 2160. The molecule has 0 amide bonds. The molecule has 0 N–H and O–H groups in total. The van der Waals surface area contributed by atoms with Gasteiger partial charge in [-0.1, -0.05) is 209 Å². The van der Waals surface area contributed by atoms with E-state index in [1.807, 2.05) is 195 Å². The van der Waals surface area contributed by atoms with E-state index in [4.69, 9.17) is 6.42 Å². The molecule has 1 aromatic heterocycles. The van der Waals surface area contributed by atoms with E-state index in [-0.39, 0.29) is 55.4 Å². The second kappa shape index (κ2) is 38.6. The van der Waals surface area contributed by atoms with Gasteiger partial charge in [0.05, 0.1) is 11.2 Å². The maximum Gasteiger partial charge on any atom is 0.163 e. The van der Waals surface area contributed by atoms with Crippen molar-refractivity contribution < 1.29 is 28.8 Å². The summed E-state index contributed by atoms with van der Waals surface area (Å²) < 4.78 is 1.93. The average Bonchev–Trinajstić information content (AvgIpc) is 3.98. The molecule has 2 aliphatic carbocycles. The molecule has 2 aliphatic rings. The van der Waals surface area contributed by atoms with Crippen LogP contribution in [0.3, 0.4) is 0 Å². The van der Waals surface area contributed by atoms with Crippen LogP contribution in [-0.2, 0) is 34.3 Å². The Hall–Kier alpha value is -5.03. The highest BCUT2D eigenvalue weighted by atomic mass is 16.1. The fraction of sp³-hybridized carbons (Fsp3) is 0.643. The van der Waals surface area contributed by atoms with Crippen molar-refractivity contribution in [3.63, 3.8) is 0 Å². The van der Waals surface area contributed by atoms with Crippen LogP contribution in [0, 0.1) is 56.2 Å². The van der Waals surface area contributed by atoms with Crippen LogP contribution in [0.25, 0.3) is 6.08 Å². The lowest BCUT2D eigenvalue weighted by molar-refractivity contribution is -0.126. The van der Waals surface area contributed by atoms with E-state index in [0.717, 1.165) is 54.5 Å². The molecule has 0 radical (unpaired) electrons. The van der Waals surface area contributed by atoms with Gasteiger partial charge in [0.25, 0.3) is 0 Å².